The van der Waals surface area contributed by atoms with Gasteiger partial charge in [-0.1, -0.05) is 12.1 Å². The maximum absolute atomic E-state index is 12.5. The molecule has 1 aliphatic rings. The molecule has 6 nitrogen and oxygen atoms in total. The monoisotopic (exact) mass is 382 g/mol. The van der Waals surface area contributed by atoms with Crippen LogP contribution < -0.4 is 14.2 Å². The molecule has 3 rings (SSSR count). The molecule has 0 bridgehead atoms. The molecular formula is C22H22O6. The predicted octanol–water partition coefficient (Wildman–Crippen LogP) is 4.03. The van der Waals surface area contributed by atoms with Crippen molar-refractivity contribution in [1.29, 1.82) is 0 Å². The Labute approximate surface area is 163 Å². The van der Waals surface area contributed by atoms with Crippen LogP contribution in [0.1, 0.15) is 36.7 Å². The third-order valence-corrected chi connectivity index (χ3v) is 3.85. The molecular weight excluding hydrogens is 360 g/mol. The van der Waals surface area contributed by atoms with Gasteiger partial charge < -0.3 is 18.9 Å². The number of carbonyl (C=O) groups is 2. The number of benzene rings is 2. The quantitative estimate of drug-likeness (QED) is 0.532. The topological polar surface area (TPSA) is 71.1 Å². The molecule has 2 aromatic rings. The first kappa shape index (κ1) is 19.5. The SMILES string of the molecule is CCOc1ccc(C=C2Oc3cc(OCC(=O)OC(C)C)ccc3C2=O)cc1. The van der Waals surface area contributed by atoms with Gasteiger partial charge in [0.15, 0.2) is 12.4 Å². The first-order valence-electron chi connectivity index (χ1n) is 9.09. The number of ketones is 1. The van der Waals surface area contributed by atoms with Gasteiger partial charge in [-0.3, -0.25) is 4.79 Å². The second-order valence-corrected chi connectivity index (χ2v) is 6.43. The zero-order valence-electron chi connectivity index (χ0n) is 16.1. The van der Waals surface area contributed by atoms with Crippen LogP contribution in [0.2, 0.25) is 0 Å². The van der Waals surface area contributed by atoms with E-state index in [1.807, 2.05) is 31.2 Å². The molecule has 0 fully saturated rings. The van der Waals surface area contributed by atoms with Crippen molar-refractivity contribution in [2.45, 2.75) is 26.9 Å². The molecule has 1 aliphatic heterocycles. The fraction of sp³-hybridized carbons (Fsp3) is 0.273. The van der Waals surface area contributed by atoms with E-state index in [1.54, 1.807) is 38.1 Å². The first-order chi connectivity index (χ1) is 13.5. The largest absolute Gasteiger partial charge is 0.494 e. The Morgan fingerprint density at radius 1 is 1.07 bits per heavy atom. The molecule has 0 aromatic heterocycles. The van der Waals surface area contributed by atoms with Gasteiger partial charge in [0, 0.05) is 6.07 Å². The van der Waals surface area contributed by atoms with Crippen molar-refractivity contribution >= 4 is 17.8 Å². The molecule has 0 radical (unpaired) electrons. The van der Waals surface area contributed by atoms with E-state index in [4.69, 9.17) is 18.9 Å². The molecule has 0 saturated heterocycles. The van der Waals surface area contributed by atoms with E-state index < -0.39 is 5.97 Å². The lowest BCUT2D eigenvalue weighted by Crippen LogP contribution is -2.18. The number of hydrogen-bond acceptors (Lipinski definition) is 6. The van der Waals surface area contributed by atoms with Gasteiger partial charge >= 0.3 is 5.97 Å². The minimum absolute atomic E-state index is 0.199. The summed E-state index contributed by atoms with van der Waals surface area (Å²) in [5, 5.41) is 0. The molecule has 2 aromatic carbocycles. The van der Waals surface area contributed by atoms with Crippen LogP contribution >= 0.6 is 0 Å². The van der Waals surface area contributed by atoms with E-state index in [9.17, 15) is 9.59 Å². The van der Waals surface area contributed by atoms with Crippen molar-refractivity contribution in [3.8, 4) is 17.2 Å². The van der Waals surface area contributed by atoms with Crippen molar-refractivity contribution < 1.29 is 28.5 Å². The lowest BCUT2D eigenvalue weighted by molar-refractivity contribution is -0.149. The van der Waals surface area contributed by atoms with Crippen LogP contribution in [0, 0.1) is 0 Å². The number of rotatable bonds is 7. The fourth-order valence-corrected chi connectivity index (χ4v) is 2.67. The van der Waals surface area contributed by atoms with Crippen molar-refractivity contribution in [2.75, 3.05) is 13.2 Å². The third kappa shape index (κ3) is 4.71. The second kappa shape index (κ2) is 8.61. The van der Waals surface area contributed by atoms with Gasteiger partial charge in [-0.2, -0.15) is 0 Å². The average molecular weight is 382 g/mol. The summed E-state index contributed by atoms with van der Waals surface area (Å²) < 4.78 is 21.5. The Morgan fingerprint density at radius 2 is 1.79 bits per heavy atom. The molecule has 1 heterocycles. The summed E-state index contributed by atoms with van der Waals surface area (Å²) in [6.07, 6.45) is 1.48. The van der Waals surface area contributed by atoms with Crippen molar-refractivity contribution in [2.24, 2.45) is 0 Å². The highest BCUT2D eigenvalue weighted by molar-refractivity contribution is 6.14. The molecule has 0 unspecified atom stereocenters. The fourth-order valence-electron chi connectivity index (χ4n) is 2.67. The maximum atomic E-state index is 12.5. The number of hydrogen-bond donors (Lipinski definition) is 0. The van der Waals surface area contributed by atoms with Crippen LogP contribution in [0.5, 0.6) is 17.2 Å². The molecule has 0 saturated carbocycles. The van der Waals surface area contributed by atoms with Gasteiger partial charge in [0.1, 0.15) is 17.2 Å². The lowest BCUT2D eigenvalue weighted by atomic mass is 10.1. The van der Waals surface area contributed by atoms with Gasteiger partial charge in [0.25, 0.3) is 0 Å². The van der Waals surface area contributed by atoms with E-state index >= 15 is 0 Å². The summed E-state index contributed by atoms with van der Waals surface area (Å²) in [6, 6.07) is 12.2. The number of ether oxygens (including phenoxy) is 4. The smallest absolute Gasteiger partial charge is 0.344 e. The number of allylic oxidation sites excluding steroid dienone is 1. The highest BCUT2D eigenvalue weighted by atomic mass is 16.6. The summed E-state index contributed by atoms with van der Waals surface area (Å²) in [4.78, 5) is 24.1. The minimum atomic E-state index is -0.455. The van der Waals surface area contributed by atoms with E-state index in [0.29, 0.717) is 23.7 Å². The van der Waals surface area contributed by atoms with E-state index in [1.165, 1.54) is 0 Å². The Morgan fingerprint density at radius 3 is 2.46 bits per heavy atom. The molecule has 28 heavy (non-hydrogen) atoms. The Balaban J connectivity index is 1.69. The first-order valence-corrected chi connectivity index (χ1v) is 9.09. The van der Waals surface area contributed by atoms with Crippen LogP contribution in [0.25, 0.3) is 6.08 Å². The zero-order valence-corrected chi connectivity index (χ0v) is 16.1. The van der Waals surface area contributed by atoms with Crippen molar-refractivity contribution in [3.05, 3.63) is 59.4 Å². The molecule has 0 N–H and O–H groups in total. The molecule has 146 valence electrons. The molecule has 0 amide bonds. The van der Waals surface area contributed by atoms with Crippen LogP contribution in [0.15, 0.2) is 48.2 Å². The van der Waals surface area contributed by atoms with Gasteiger partial charge in [-0.05, 0) is 56.7 Å². The Kier molecular flexibility index (Phi) is 5.99. The van der Waals surface area contributed by atoms with Crippen LogP contribution in [0.4, 0.5) is 0 Å². The predicted molar refractivity (Wildman–Crippen MR) is 104 cm³/mol. The third-order valence-electron chi connectivity index (χ3n) is 3.85. The number of Topliss-reactive ketones (excluding diaryl/α,β-unsaturated/α-hetero) is 1. The molecule has 6 heteroatoms. The Bertz CT molecular complexity index is 896. The van der Waals surface area contributed by atoms with E-state index in [0.717, 1.165) is 11.3 Å². The molecule has 0 atom stereocenters. The lowest BCUT2D eigenvalue weighted by Gasteiger charge is -2.09. The highest BCUT2D eigenvalue weighted by Crippen LogP contribution is 2.35. The summed E-state index contributed by atoms with van der Waals surface area (Å²) >= 11 is 0. The number of esters is 1. The zero-order chi connectivity index (χ0) is 20.1. The highest BCUT2D eigenvalue weighted by Gasteiger charge is 2.27. The second-order valence-electron chi connectivity index (χ2n) is 6.43. The molecule has 0 aliphatic carbocycles. The number of fused-ring (bicyclic) bond motifs is 1. The van der Waals surface area contributed by atoms with Gasteiger partial charge in [0.2, 0.25) is 5.78 Å². The van der Waals surface area contributed by atoms with Crippen LogP contribution in [-0.4, -0.2) is 31.1 Å². The van der Waals surface area contributed by atoms with Gasteiger partial charge in [-0.25, -0.2) is 4.79 Å². The minimum Gasteiger partial charge on any atom is -0.494 e. The Hall–Kier alpha value is -3.28. The normalized spacial score (nSPS) is 14.0. The maximum Gasteiger partial charge on any atom is 0.344 e. The van der Waals surface area contributed by atoms with Crippen molar-refractivity contribution in [1.82, 2.24) is 0 Å². The number of carbonyl (C=O) groups excluding carboxylic acids is 2. The molecule has 0 spiro atoms. The van der Waals surface area contributed by atoms with Crippen molar-refractivity contribution in [3.63, 3.8) is 0 Å². The van der Waals surface area contributed by atoms with E-state index in [-0.39, 0.29) is 24.3 Å². The summed E-state index contributed by atoms with van der Waals surface area (Å²) in [6.45, 7) is 5.84. The van der Waals surface area contributed by atoms with Gasteiger partial charge in [0.05, 0.1) is 18.3 Å². The summed E-state index contributed by atoms with van der Waals surface area (Å²) in [7, 11) is 0. The summed E-state index contributed by atoms with van der Waals surface area (Å²) in [5.74, 6) is 1.17. The average Bonchev–Trinajstić information content (AvgIpc) is 2.96. The van der Waals surface area contributed by atoms with Crippen LogP contribution in [0.3, 0.4) is 0 Å². The summed E-state index contributed by atoms with van der Waals surface area (Å²) in [5.41, 5.74) is 1.28. The standard InChI is InChI=1S/C22H22O6/c1-4-25-16-7-5-15(6-8-16)11-20-22(24)18-10-9-17(12-19(18)28-20)26-13-21(23)27-14(2)3/h5-12,14H,4,13H2,1-3H3. The van der Waals surface area contributed by atoms with Gasteiger partial charge in [-0.15, -0.1) is 0 Å². The van der Waals surface area contributed by atoms with Crippen LogP contribution in [-0.2, 0) is 9.53 Å². The van der Waals surface area contributed by atoms with E-state index in [2.05, 4.69) is 0 Å².